The minimum atomic E-state index is -0.0589. The van der Waals surface area contributed by atoms with Crippen LogP contribution in [0, 0.1) is 6.92 Å². The third-order valence-electron chi connectivity index (χ3n) is 5.14. The summed E-state index contributed by atoms with van der Waals surface area (Å²) in [5, 5.41) is 3.69. The summed E-state index contributed by atoms with van der Waals surface area (Å²) in [7, 11) is 1.93. The van der Waals surface area contributed by atoms with Crippen molar-refractivity contribution >= 4 is 33.1 Å². The second kappa shape index (κ2) is 7.85. The van der Waals surface area contributed by atoms with E-state index in [9.17, 15) is 9.59 Å². The van der Waals surface area contributed by atoms with Crippen molar-refractivity contribution in [2.24, 2.45) is 0 Å². The van der Waals surface area contributed by atoms with Crippen molar-refractivity contribution in [1.29, 1.82) is 0 Å². The summed E-state index contributed by atoms with van der Waals surface area (Å²) in [6, 6.07) is 7.73. The maximum atomic E-state index is 12.6. The molecule has 3 N–H and O–H groups in total. The summed E-state index contributed by atoms with van der Waals surface area (Å²) < 4.78 is 0. The fourth-order valence-electron chi connectivity index (χ4n) is 3.76. The zero-order chi connectivity index (χ0) is 19.7. The Morgan fingerprint density at radius 2 is 2.00 bits per heavy atom. The van der Waals surface area contributed by atoms with E-state index in [-0.39, 0.29) is 11.5 Å². The number of carbonyl (C=O) groups is 1. The van der Waals surface area contributed by atoms with Crippen molar-refractivity contribution in [3.05, 3.63) is 56.4 Å². The van der Waals surface area contributed by atoms with E-state index >= 15 is 0 Å². The summed E-state index contributed by atoms with van der Waals surface area (Å²) in [5.41, 5.74) is 3.10. The number of fused-ring (bicyclic) bond motifs is 3. The Kier molecular flexibility index (Phi) is 5.28. The van der Waals surface area contributed by atoms with E-state index in [4.69, 9.17) is 4.98 Å². The highest BCUT2D eigenvalue weighted by Crippen LogP contribution is 2.33. The monoisotopic (exact) mass is 397 g/mol. The number of aryl methyl sites for hydroxylation is 3. The van der Waals surface area contributed by atoms with E-state index in [2.05, 4.69) is 10.3 Å². The third-order valence-corrected chi connectivity index (χ3v) is 6.33. The fourth-order valence-corrected chi connectivity index (χ4v) is 5.04. The highest BCUT2D eigenvalue weighted by atomic mass is 32.1. The fraction of sp³-hybridized carbons (Fsp3) is 0.381. The van der Waals surface area contributed by atoms with Gasteiger partial charge >= 0.3 is 0 Å². The molecule has 0 spiro atoms. The molecular formula is C21H25N4O2S+. The van der Waals surface area contributed by atoms with Gasteiger partial charge in [0.1, 0.15) is 11.4 Å². The number of rotatable bonds is 5. The van der Waals surface area contributed by atoms with Crippen LogP contribution in [0.3, 0.4) is 0 Å². The van der Waals surface area contributed by atoms with Crippen molar-refractivity contribution in [2.45, 2.75) is 39.2 Å². The number of anilines is 1. The van der Waals surface area contributed by atoms with Crippen LogP contribution in [0.15, 0.2) is 29.1 Å². The Bertz CT molecular complexity index is 1070. The molecule has 1 aliphatic rings. The molecule has 0 fully saturated rings. The molecule has 6 nitrogen and oxygen atoms in total. The minimum Gasteiger partial charge on any atom is -0.323 e. The standard InChI is InChI=1S/C21H24N4O2S/c1-13-7-9-14(10-8-13)22-18(26)12-25(2)11-17-23-20(27)19-15-5-3-4-6-16(15)28-21(19)24-17/h7-10H,3-6,11-12H2,1-2H3,(H,22,26)(H,23,24,27)/p+1. The Balaban J connectivity index is 1.44. The zero-order valence-electron chi connectivity index (χ0n) is 16.2. The first-order valence-electron chi connectivity index (χ1n) is 9.71. The molecular weight excluding hydrogens is 372 g/mol. The Hall–Kier alpha value is -2.51. The first-order chi connectivity index (χ1) is 13.5. The molecule has 0 radical (unpaired) electrons. The zero-order valence-corrected chi connectivity index (χ0v) is 17.0. The number of carbonyl (C=O) groups excluding carboxylic acids is 1. The van der Waals surface area contributed by atoms with Crippen LogP contribution in [0.4, 0.5) is 5.69 Å². The van der Waals surface area contributed by atoms with E-state index in [0.717, 1.165) is 45.6 Å². The van der Waals surface area contributed by atoms with E-state index in [1.807, 2.05) is 38.2 Å². The van der Waals surface area contributed by atoms with Gasteiger partial charge in [0.25, 0.3) is 11.5 Å². The summed E-state index contributed by atoms with van der Waals surface area (Å²) in [5.74, 6) is 0.577. The average Bonchev–Trinajstić information content (AvgIpc) is 3.02. The van der Waals surface area contributed by atoms with Gasteiger partial charge in [-0.2, -0.15) is 0 Å². The highest BCUT2D eigenvalue weighted by molar-refractivity contribution is 7.18. The number of aromatic amines is 1. The normalized spacial score (nSPS) is 14.6. The van der Waals surface area contributed by atoms with E-state index in [0.29, 0.717) is 18.9 Å². The van der Waals surface area contributed by atoms with Gasteiger partial charge in [0, 0.05) is 10.6 Å². The van der Waals surface area contributed by atoms with Crippen LogP contribution in [-0.2, 0) is 24.2 Å². The van der Waals surface area contributed by atoms with Crippen LogP contribution in [-0.4, -0.2) is 29.5 Å². The molecule has 1 aliphatic carbocycles. The van der Waals surface area contributed by atoms with Crippen LogP contribution in [0.2, 0.25) is 0 Å². The second-order valence-electron chi connectivity index (χ2n) is 7.63. The quantitative estimate of drug-likeness (QED) is 0.615. The van der Waals surface area contributed by atoms with Gasteiger partial charge in [-0.1, -0.05) is 17.7 Å². The van der Waals surface area contributed by atoms with Crippen LogP contribution in [0.5, 0.6) is 0 Å². The Morgan fingerprint density at radius 1 is 1.25 bits per heavy atom. The second-order valence-corrected chi connectivity index (χ2v) is 8.71. The third kappa shape index (κ3) is 4.00. The lowest BCUT2D eigenvalue weighted by Crippen LogP contribution is -3.08. The lowest BCUT2D eigenvalue weighted by molar-refractivity contribution is -0.885. The maximum absolute atomic E-state index is 12.6. The molecule has 1 aromatic carbocycles. The minimum absolute atomic E-state index is 0.0451. The van der Waals surface area contributed by atoms with E-state index in [1.165, 1.54) is 16.9 Å². The molecule has 0 saturated heterocycles. The van der Waals surface area contributed by atoms with Crippen molar-refractivity contribution in [3.8, 4) is 0 Å². The Morgan fingerprint density at radius 3 is 2.79 bits per heavy atom. The van der Waals surface area contributed by atoms with Crippen molar-refractivity contribution < 1.29 is 9.69 Å². The number of H-pyrrole nitrogens is 1. The predicted octanol–water partition coefficient (Wildman–Crippen LogP) is 1.83. The number of quaternary nitrogens is 1. The molecule has 1 amide bonds. The van der Waals surface area contributed by atoms with E-state index in [1.54, 1.807) is 11.3 Å². The van der Waals surface area contributed by atoms with E-state index < -0.39 is 0 Å². The topological polar surface area (TPSA) is 79.3 Å². The van der Waals surface area contributed by atoms with Gasteiger partial charge in [-0.3, -0.25) is 9.59 Å². The molecule has 7 heteroatoms. The summed E-state index contributed by atoms with van der Waals surface area (Å²) in [6.45, 7) is 2.81. The number of nitrogens with zero attached hydrogens (tertiary/aromatic N) is 1. The number of likely N-dealkylation sites (N-methyl/N-ethyl adjacent to an activating group) is 1. The molecule has 0 aliphatic heterocycles. The summed E-state index contributed by atoms with van der Waals surface area (Å²) in [6.07, 6.45) is 4.36. The SMILES string of the molecule is Cc1ccc(NC(=O)C[NH+](C)Cc2nc3sc4c(c3c(=O)[nH]2)CCCC4)cc1. The molecule has 2 aromatic heterocycles. The van der Waals surface area contributed by atoms with Gasteiger partial charge in [0.05, 0.1) is 12.4 Å². The van der Waals surface area contributed by atoms with Crippen molar-refractivity contribution in [3.63, 3.8) is 0 Å². The van der Waals surface area contributed by atoms with Gasteiger partial charge in [0.15, 0.2) is 12.4 Å². The van der Waals surface area contributed by atoms with Gasteiger partial charge in [-0.05, 0) is 50.3 Å². The summed E-state index contributed by atoms with van der Waals surface area (Å²) >= 11 is 1.65. The molecule has 0 bridgehead atoms. The van der Waals surface area contributed by atoms with Crippen LogP contribution in [0.25, 0.3) is 10.2 Å². The van der Waals surface area contributed by atoms with Crippen LogP contribution in [0.1, 0.15) is 34.7 Å². The number of nitrogens with one attached hydrogen (secondary N) is 3. The first kappa shape index (κ1) is 18.8. The molecule has 28 heavy (non-hydrogen) atoms. The predicted molar refractivity (Wildman–Crippen MR) is 112 cm³/mol. The number of thiophene rings is 1. The lowest BCUT2D eigenvalue weighted by atomic mass is 9.97. The summed E-state index contributed by atoms with van der Waals surface area (Å²) in [4.78, 5) is 35.7. The van der Waals surface area contributed by atoms with Gasteiger partial charge in [-0.15, -0.1) is 11.3 Å². The first-order valence-corrected chi connectivity index (χ1v) is 10.5. The molecule has 146 valence electrons. The average molecular weight is 398 g/mol. The number of aromatic nitrogens is 2. The molecule has 4 rings (SSSR count). The van der Waals surface area contributed by atoms with Gasteiger partial charge in [-0.25, -0.2) is 4.98 Å². The van der Waals surface area contributed by atoms with Crippen LogP contribution >= 0.6 is 11.3 Å². The largest absolute Gasteiger partial charge is 0.323 e. The molecule has 3 aromatic rings. The molecule has 2 heterocycles. The number of amides is 1. The molecule has 1 atom stereocenters. The molecule has 0 saturated carbocycles. The maximum Gasteiger partial charge on any atom is 0.279 e. The highest BCUT2D eigenvalue weighted by Gasteiger charge is 2.20. The lowest BCUT2D eigenvalue weighted by Gasteiger charge is -2.13. The Labute approximate surface area is 167 Å². The number of hydrogen-bond donors (Lipinski definition) is 3. The smallest absolute Gasteiger partial charge is 0.279 e. The number of hydrogen-bond acceptors (Lipinski definition) is 4. The number of benzene rings is 1. The van der Waals surface area contributed by atoms with Crippen molar-refractivity contribution in [2.75, 3.05) is 18.9 Å². The molecule has 1 unspecified atom stereocenters. The van der Waals surface area contributed by atoms with Gasteiger partial charge in [0.2, 0.25) is 0 Å². The van der Waals surface area contributed by atoms with Crippen LogP contribution < -0.4 is 15.8 Å². The van der Waals surface area contributed by atoms with Gasteiger partial charge < -0.3 is 15.2 Å². The van der Waals surface area contributed by atoms with Crippen molar-refractivity contribution in [1.82, 2.24) is 9.97 Å².